The number of carboxylic acid groups (broad SMARTS) is 2. The van der Waals surface area contributed by atoms with E-state index >= 15 is 0 Å². The third kappa shape index (κ3) is 20.0. The molecule has 0 rings (SSSR count). The van der Waals surface area contributed by atoms with Crippen LogP contribution in [0.25, 0.3) is 0 Å². The maximum absolute atomic E-state index is 9.10. The van der Waals surface area contributed by atoms with E-state index in [1.54, 1.807) is 8.26 Å². The van der Waals surface area contributed by atoms with Gasteiger partial charge in [-0.2, -0.15) is 0 Å². The first-order valence-corrected chi connectivity index (χ1v) is 10.1. The summed E-state index contributed by atoms with van der Waals surface area (Å²) in [6.07, 6.45) is 5.85. The molecule has 1 radical (unpaired) electrons. The molecule has 0 aliphatic rings. The van der Waals surface area contributed by atoms with Gasteiger partial charge >= 0.3 is 83.0 Å². The van der Waals surface area contributed by atoms with Crippen molar-refractivity contribution >= 4 is 35.2 Å². The topological polar surface area (TPSA) is 74.6 Å². The third-order valence-corrected chi connectivity index (χ3v) is 6.44. The number of aliphatic carboxylic acids is 2. The Hall–Kier alpha value is -0.177. The molecule has 4 nitrogen and oxygen atoms in total. The first-order valence-electron chi connectivity index (χ1n) is 5.15. The van der Waals surface area contributed by atoms with Gasteiger partial charge in [0.05, 0.1) is 0 Å². The summed E-state index contributed by atoms with van der Waals surface area (Å²) >= 11 is 0.0681. The molecular weight excluding hydrogens is 393 g/mol. The Morgan fingerprint density at radius 1 is 0.933 bits per heavy atom. The van der Waals surface area contributed by atoms with Crippen LogP contribution < -0.4 is 0 Å². The van der Waals surface area contributed by atoms with E-state index in [-0.39, 0.29) is 23.2 Å². The van der Waals surface area contributed by atoms with Crippen LogP contribution >= 0.6 is 0 Å². The molecule has 0 spiro atoms. The number of carbonyl (C=O) groups is 2. The van der Waals surface area contributed by atoms with Crippen molar-refractivity contribution in [2.24, 2.45) is 0 Å². The van der Waals surface area contributed by atoms with E-state index in [0.29, 0.717) is 0 Å². The van der Waals surface area contributed by atoms with E-state index in [2.05, 4.69) is 13.8 Å². The molecule has 2 N–H and O–H groups in total. The Balaban J connectivity index is 0. The summed E-state index contributed by atoms with van der Waals surface area (Å²) < 4.78 is 3.27. The second kappa shape index (κ2) is 13.8. The van der Waals surface area contributed by atoms with Crippen LogP contribution in [0.3, 0.4) is 0 Å². The van der Waals surface area contributed by atoms with Crippen LogP contribution in [0.1, 0.15) is 39.5 Å². The second-order valence-electron chi connectivity index (χ2n) is 2.99. The molecule has 0 amide bonds. The first-order chi connectivity index (χ1) is 7.06. The van der Waals surface area contributed by atoms with Crippen molar-refractivity contribution in [1.29, 1.82) is 0 Å². The van der Waals surface area contributed by atoms with Crippen molar-refractivity contribution in [2.45, 2.75) is 47.8 Å². The van der Waals surface area contributed by atoms with Gasteiger partial charge in [-0.15, -0.1) is 0 Å². The van der Waals surface area contributed by atoms with Crippen LogP contribution in [0.15, 0.2) is 0 Å². The average molecular weight is 413 g/mol. The minimum Gasteiger partial charge on any atom is -0.473 e. The Kier molecular flexibility index (Phi) is 15.9. The molecule has 0 unspecified atom stereocenters. The van der Waals surface area contributed by atoms with E-state index in [4.69, 9.17) is 19.8 Å². The minimum atomic E-state index is -1.82. The zero-order valence-electron chi connectivity index (χ0n) is 9.40. The normalized spacial score (nSPS) is 8.93. The molecule has 0 saturated carbocycles. The number of rotatable bonds is 6. The summed E-state index contributed by atoms with van der Waals surface area (Å²) in [5.41, 5.74) is 0. The molecule has 0 aliphatic carbocycles. The summed E-state index contributed by atoms with van der Waals surface area (Å²) in [7, 11) is 0. The minimum absolute atomic E-state index is 0.0681. The molecule has 0 heterocycles. The molecule has 0 aromatic carbocycles. The average Bonchev–Trinajstić information content (AvgIpc) is 2.18. The summed E-state index contributed by atoms with van der Waals surface area (Å²) in [5.74, 6) is -3.65. The van der Waals surface area contributed by atoms with Crippen LogP contribution in [-0.4, -0.2) is 45.4 Å². The predicted molar refractivity (Wildman–Crippen MR) is 60.5 cm³/mol. The Bertz CT molecular complexity index is 153. The standard InChI is InChI=1S/2C4H9.C2H2O4.Bi/c2*1-3-4-2;3-1(4)2(5)6;/h2*1,3-4H2,2H3;(H,3,4)(H,5,6);. The first kappa shape index (κ1) is 17.2. The Labute approximate surface area is 103 Å². The van der Waals surface area contributed by atoms with Gasteiger partial charge in [0.2, 0.25) is 0 Å². The fraction of sp³-hybridized carbons (Fsp3) is 0.800. The molecule has 0 saturated heterocycles. The largest absolute Gasteiger partial charge is 0.473 e. The van der Waals surface area contributed by atoms with E-state index in [0.717, 1.165) is 0 Å². The van der Waals surface area contributed by atoms with E-state index < -0.39 is 11.9 Å². The van der Waals surface area contributed by atoms with Gasteiger partial charge in [0.25, 0.3) is 0 Å². The van der Waals surface area contributed by atoms with Crippen LogP contribution in [0.5, 0.6) is 0 Å². The Morgan fingerprint density at radius 3 is 1.47 bits per heavy atom. The monoisotopic (exact) mass is 413 g/mol. The fourth-order valence-corrected chi connectivity index (χ4v) is 5.72. The molecule has 0 aliphatic heterocycles. The molecule has 5 heteroatoms. The van der Waals surface area contributed by atoms with Crippen molar-refractivity contribution in [1.82, 2.24) is 0 Å². The molecule has 0 bridgehead atoms. The van der Waals surface area contributed by atoms with Crippen molar-refractivity contribution in [3.8, 4) is 0 Å². The molecule has 15 heavy (non-hydrogen) atoms. The van der Waals surface area contributed by atoms with E-state index in [1.165, 1.54) is 25.7 Å². The zero-order chi connectivity index (χ0) is 12.1. The predicted octanol–water partition coefficient (Wildman–Crippen LogP) is 2.28. The fourth-order valence-electron chi connectivity index (χ4n) is 0.652. The van der Waals surface area contributed by atoms with Crippen molar-refractivity contribution in [2.75, 3.05) is 0 Å². The third-order valence-electron chi connectivity index (χ3n) is 1.52. The van der Waals surface area contributed by atoms with Gasteiger partial charge in [-0.3, -0.25) is 0 Å². The van der Waals surface area contributed by atoms with Gasteiger partial charge in [0.1, 0.15) is 0 Å². The van der Waals surface area contributed by atoms with Crippen molar-refractivity contribution < 1.29 is 19.8 Å². The number of carboxylic acids is 2. The number of hydrogen-bond donors (Lipinski definition) is 2. The molecule has 0 atom stereocenters. The quantitative estimate of drug-likeness (QED) is 0.398. The van der Waals surface area contributed by atoms with Crippen LogP contribution in [0.4, 0.5) is 0 Å². The SMILES string of the molecule is CCC[CH2][Bi][CH2]CCC.O=C(O)C(=O)O. The zero-order valence-corrected chi connectivity index (χ0v) is 12.9. The second-order valence-corrected chi connectivity index (χ2v) is 8.20. The summed E-state index contributed by atoms with van der Waals surface area (Å²) in [6.45, 7) is 4.59. The smallest absolute Gasteiger partial charge is 0.414 e. The maximum Gasteiger partial charge on any atom is 0.414 e. The number of unbranched alkanes of at least 4 members (excludes halogenated alkanes) is 2. The maximum atomic E-state index is 9.10. The van der Waals surface area contributed by atoms with Gasteiger partial charge in [-0.05, 0) is 0 Å². The van der Waals surface area contributed by atoms with Gasteiger partial charge in [-0.1, -0.05) is 0 Å². The summed E-state index contributed by atoms with van der Waals surface area (Å²) in [4.78, 5) is 18.2. The Morgan fingerprint density at radius 2 is 1.27 bits per heavy atom. The van der Waals surface area contributed by atoms with Crippen molar-refractivity contribution in [3.63, 3.8) is 0 Å². The molecule has 0 fully saturated rings. The van der Waals surface area contributed by atoms with Crippen LogP contribution in [-0.2, 0) is 9.59 Å². The van der Waals surface area contributed by atoms with Crippen molar-refractivity contribution in [3.05, 3.63) is 0 Å². The molecule has 89 valence electrons. The molecular formula is C10H20BiO4. The van der Waals surface area contributed by atoms with Gasteiger partial charge < -0.3 is 10.2 Å². The van der Waals surface area contributed by atoms with E-state index in [9.17, 15) is 0 Å². The van der Waals surface area contributed by atoms with Gasteiger partial charge in [-0.25, -0.2) is 9.59 Å². The van der Waals surface area contributed by atoms with E-state index in [1.807, 2.05) is 0 Å². The molecule has 0 aromatic heterocycles. The van der Waals surface area contributed by atoms with Gasteiger partial charge in [0.15, 0.2) is 0 Å². The van der Waals surface area contributed by atoms with Gasteiger partial charge in [0, 0.05) is 0 Å². The summed E-state index contributed by atoms with van der Waals surface area (Å²) in [5, 5.41) is 14.8. The van der Waals surface area contributed by atoms with Crippen LogP contribution in [0, 0.1) is 0 Å². The summed E-state index contributed by atoms with van der Waals surface area (Å²) in [6, 6.07) is 0. The van der Waals surface area contributed by atoms with Crippen LogP contribution in [0.2, 0.25) is 8.26 Å². The number of hydrogen-bond acceptors (Lipinski definition) is 2. The molecule has 0 aromatic rings.